The van der Waals surface area contributed by atoms with Crippen LogP contribution >= 0.6 is 0 Å². The summed E-state index contributed by atoms with van der Waals surface area (Å²) in [5.74, 6) is -1.43. The molecule has 7 heteroatoms. The van der Waals surface area contributed by atoms with Crippen molar-refractivity contribution in [1.82, 2.24) is 5.32 Å². The number of sulfone groups is 1. The van der Waals surface area contributed by atoms with Crippen LogP contribution in [0.15, 0.2) is 29.2 Å². The van der Waals surface area contributed by atoms with Gasteiger partial charge in [0.2, 0.25) is 0 Å². The van der Waals surface area contributed by atoms with Gasteiger partial charge in [0.05, 0.1) is 17.1 Å². The summed E-state index contributed by atoms with van der Waals surface area (Å²) in [6, 6.07) is 5.53. The van der Waals surface area contributed by atoms with Crippen molar-refractivity contribution < 1.29 is 23.1 Å². The average Bonchev–Trinajstić information content (AvgIpc) is 2.38. The Bertz CT molecular complexity index is 562. The van der Waals surface area contributed by atoms with Gasteiger partial charge in [-0.2, -0.15) is 0 Å². The van der Waals surface area contributed by atoms with Crippen LogP contribution in [-0.2, 0) is 14.6 Å². The summed E-state index contributed by atoms with van der Waals surface area (Å²) < 4.78 is 23.1. The monoisotopic (exact) mass is 285 g/mol. The molecule has 1 aromatic rings. The van der Waals surface area contributed by atoms with Crippen molar-refractivity contribution in [3.05, 3.63) is 29.8 Å². The van der Waals surface area contributed by atoms with E-state index in [1.807, 2.05) is 0 Å². The molecule has 0 saturated heterocycles. The van der Waals surface area contributed by atoms with Gasteiger partial charge in [-0.15, -0.1) is 0 Å². The Morgan fingerprint density at radius 3 is 2.26 bits per heavy atom. The molecule has 0 heterocycles. The Labute approximate surface area is 111 Å². The smallest absolute Gasteiger partial charge is 0.305 e. The second-order valence-corrected chi connectivity index (χ2v) is 6.11. The highest BCUT2D eigenvalue weighted by Crippen LogP contribution is 2.12. The summed E-state index contributed by atoms with van der Waals surface area (Å²) in [7, 11) is -3.28. The summed E-state index contributed by atoms with van der Waals surface area (Å²) in [5, 5.41) is 10.9. The summed E-state index contributed by atoms with van der Waals surface area (Å²) in [5.41, 5.74) is 0.292. The molecule has 1 aromatic carbocycles. The van der Waals surface area contributed by atoms with Crippen molar-refractivity contribution in [3.63, 3.8) is 0 Å². The van der Waals surface area contributed by atoms with E-state index in [0.29, 0.717) is 5.56 Å². The number of hydrogen-bond acceptors (Lipinski definition) is 4. The fourth-order valence-corrected chi connectivity index (χ4v) is 2.25. The van der Waals surface area contributed by atoms with Gasteiger partial charge in [0, 0.05) is 12.1 Å². The van der Waals surface area contributed by atoms with E-state index in [-0.39, 0.29) is 23.6 Å². The van der Waals surface area contributed by atoms with Crippen molar-refractivity contribution in [2.24, 2.45) is 0 Å². The van der Waals surface area contributed by atoms with E-state index in [1.54, 1.807) is 6.92 Å². The van der Waals surface area contributed by atoms with E-state index in [1.165, 1.54) is 24.3 Å². The molecule has 0 atom stereocenters. The number of nitrogens with one attached hydrogen (secondary N) is 1. The molecular weight excluding hydrogens is 270 g/mol. The van der Waals surface area contributed by atoms with Crippen LogP contribution in [0.3, 0.4) is 0 Å². The van der Waals surface area contributed by atoms with Crippen molar-refractivity contribution in [3.8, 4) is 0 Å². The molecule has 0 fully saturated rings. The molecule has 1 amide bonds. The minimum absolute atomic E-state index is 0.00282. The minimum atomic E-state index is -3.28. The standard InChI is InChI=1S/C12H15NO5S/c1-2-19(17,18)10-5-3-9(4-6-10)12(16)13-8-7-11(14)15/h3-6H,2,7-8H2,1H3,(H,13,16)(H,14,15). The third-order valence-electron chi connectivity index (χ3n) is 2.48. The van der Waals surface area contributed by atoms with E-state index < -0.39 is 21.7 Å². The first-order chi connectivity index (χ1) is 8.86. The molecule has 0 bridgehead atoms. The molecule has 2 N–H and O–H groups in total. The highest BCUT2D eigenvalue weighted by atomic mass is 32.2. The first kappa shape index (κ1) is 15.2. The minimum Gasteiger partial charge on any atom is -0.481 e. The number of carboxylic acid groups (broad SMARTS) is 1. The summed E-state index contributed by atoms with van der Waals surface area (Å²) in [4.78, 5) is 22.1. The van der Waals surface area contributed by atoms with Crippen LogP contribution in [0.4, 0.5) is 0 Å². The zero-order chi connectivity index (χ0) is 14.5. The molecule has 0 spiro atoms. The molecule has 0 radical (unpaired) electrons. The molecule has 0 aliphatic heterocycles. The van der Waals surface area contributed by atoms with Gasteiger partial charge < -0.3 is 10.4 Å². The van der Waals surface area contributed by atoms with E-state index >= 15 is 0 Å². The fraction of sp³-hybridized carbons (Fsp3) is 0.333. The zero-order valence-corrected chi connectivity index (χ0v) is 11.2. The third-order valence-corrected chi connectivity index (χ3v) is 4.23. The zero-order valence-electron chi connectivity index (χ0n) is 10.4. The highest BCUT2D eigenvalue weighted by molar-refractivity contribution is 7.91. The molecule has 19 heavy (non-hydrogen) atoms. The number of rotatable bonds is 6. The largest absolute Gasteiger partial charge is 0.481 e. The van der Waals surface area contributed by atoms with Gasteiger partial charge in [-0.05, 0) is 24.3 Å². The molecule has 104 valence electrons. The van der Waals surface area contributed by atoms with E-state index in [9.17, 15) is 18.0 Å². The molecular formula is C12H15NO5S. The topological polar surface area (TPSA) is 101 Å². The molecule has 1 rings (SSSR count). The molecule has 0 aromatic heterocycles. The third kappa shape index (κ3) is 4.36. The van der Waals surface area contributed by atoms with Gasteiger partial charge in [0.1, 0.15) is 0 Å². The van der Waals surface area contributed by atoms with Crippen LogP contribution in [0.2, 0.25) is 0 Å². The Morgan fingerprint density at radius 1 is 1.21 bits per heavy atom. The van der Waals surface area contributed by atoms with E-state index in [2.05, 4.69) is 5.32 Å². The number of carbonyl (C=O) groups is 2. The maximum Gasteiger partial charge on any atom is 0.305 e. The summed E-state index contributed by atoms with van der Waals surface area (Å²) in [6.07, 6.45) is -0.159. The number of aliphatic carboxylic acids is 1. The van der Waals surface area contributed by atoms with Gasteiger partial charge in [-0.25, -0.2) is 8.42 Å². The number of benzene rings is 1. The van der Waals surface area contributed by atoms with Gasteiger partial charge >= 0.3 is 5.97 Å². The number of carboxylic acids is 1. The Hall–Kier alpha value is -1.89. The summed E-state index contributed by atoms with van der Waals surface area (Å²) in [6.45, 7) is 1.57. The van der Waals surface area contributed by atoms with Crippen LogP contribution in [0.1, 0.15) is 23.7 Å². The van der Waals surface area contributed by atoms with Gasteiger partial charge in [-0.1, -0.05) is 6.92 Å². The summed E-state index contributed by atoms with van der Waals surface area (Å²) >= 11 is 0. The lowest BCUT2D eigenvalue weighted by Gasteiger charge is -2.05. The van der Waals surface area contributed by atoms with Gasteiger partial charge in [0.15, 0.2) is 9.84 Å². The molecule has 0 saturated carbocycles. The second-order valence-electron chi connectivity index (χ2n) is 3.83. The Morgan fingerprint density at radius 2 is 1.79 bits per heavy atom. The van der Waals surface area contributed by atoms with E-state index in [0.717, 1.165) is 0 Å². The number of hydrogen-bond donors (Lipinski definition) is 2. The lowest BCUT2D eigenvalue weighted by molar-refractivity contribution is -0.136. The Kier molecular flexibility index (Phi) is 5.05. The highest BCUT2D eigenvalue weighted by Gasteiger charge is 2.12. The quantitative estimate of drug-likeness (QED) is 0.800. The Balaban J connectivity index is 2.71. The SMILES string of the molecule is CCS(=O)(=O)c1ccc(C(=O)NCCC(=O)O)cc1. The van der Waals surface area contributed by atoms with Gasteiger partial charge in [-0.3, -0.25) is 9.59 Å². The van der Waals surface area contributed by atoms with Crippen molar-refractivity contribution in [2.45, 2.75) is 18.2 Å². The first-order valence-corrected chi connectivity index (χ1v) is 7.35. The lowest BCUT2D eigenvalue weighted by atomic mass is 10.2. The normalized spacial score (nSPS) is 11.0. The maximum atomic E-state index is 11.6. The predicted octanol–water partition coefficient (Wildman–Crippen LogP) is 0.685. The predicted molar refractivity (Wildman–Crippen MR) is 68.8 cm³/mol. The fourth-order valence-electron chi connectivity index (χ4n) is 1.37. The van der Waals surface area contributed by atoms with Gasteiger partial charge in [0.25, 0.3) is 5.91 Å². The second kappa shape index (κ2) is 6.33. The van der Waals surface area contributed by atoms with E-state index in [4.69, 9.17) is 5.11 Å². The molecule has 0 unspecified atom stereocenters. The lowest BCUT2D eigenvalue weighted by Crippen LogP contribution is -2.25. The van der Waals surface area contributed by atoms with Crippen LogP contribution in [0.5, 0.6) is 0 Å². The van der Waals surface area contributed by atoms with Crippen LogP contribution in [0, 0.1) is 0 Å². The van der Waals surface area contributed by atoms with Crippen molar-refractivity contribution >= 4 is 21.7 Å². The molecule has 6 nitrogen and oxygen atoms in total. The van der Waals surface area contributed by atoms with Crippen molar-refractivity contribution in [1.29, 1.82) is 0 Å². The number of amides is 1. The van der Waals surface area contributed by atoms with Crippen LogP contribution in [-0.4, -0.2) is 37.7 Å². The van der Waals surface area contributed by atoms with Crippen LogP contribution in [0.25, 0.3) is 0 Å². The number of carbonyl (C=O) groups excluding carboxylic acids is 1. The van der Waals surface area contributed by atoms with Crippen LogP contribution < -0.4 is 5.32 Å². The van der Waals surface area contributed by atoms with Crippen molar-refractivity contribution in [2.75, 3.05) is 12.3 Å². The molecule has 0 aliphatic carbocycles. The first-order valence-electron chi connectivity index (χ1n) is 5.69. The average molecular weight is 285 g/mol. The molecule has 0 aliphatic rings. The maximum absolute atomic E-state index is 11.6.